The number of ether oxygens (including phenoxy) is 1. The number of anilines is 2. The molecule has 228 valence electrons. The van der Waals surface area contributed by atoms with Gasteiger partial charge in [0.1, 0.15) is 17.5 Å². The number of nitrogens with one attached hydrogen (secondary N) is 3. The van der Waals surface area contributed by atoms with Crippen LogP contribution in [-0.4, -0.2) is 68.1 Å². The second-order valence-corrected chi connectivity index (χ2v) is 12.8. The van der Waals surface area contributed by atoms with Gasteiger partial charge >= 0.3 is 6.18 Å². The molecule has 0 bridgehead atoms. The Kier molecular flexibility index (Phi) is 12.0. The van der Waals surface area contributed by atoms with Gasteiger partial charge in [-0.15, -0.1) is 0 Å². The number of benzene rings is 2. The summed E-state index contributed by atoms with van der Waals surface area (Å²) in [5, 5.41) is 8.52. The molecule has 2 aromatic carbocycles. The van der Waals surface area contributed by atoms with Crippen molar-refractivity contribution in [3.05, 3.63) is 52.5 Å². The molecule has 12 heteroatoms. The van der Waals surface area contributed by atoms with Crippen molar-refractivity contribution < 1.29 is 27.1 Å². The molecule has 3 rings (SSSR count). The molecule has 0 spiro atoms. The van der Waals surface area contributed by atoms with E-state index < -0.39 is 42.3 Å². The first-order chi connectivity index (χ1) is 19.3. The third-order valence-electron chi connectivity index (χ3n) is 6.84. The maximum absolute atomic E-state index is 14.7. The highest BCUT2D eigenvalue weighted by atomic mass is 79.9. The van der Waals surface area contributed by atoms with Crippen LogP contribution >= 0.6 is 27.7 Å². The molecule has 0 aliphatic carbocycles. The Morgan fingerprint density at radius 2 is 1.76 bits per heavy atom. The Balaban J connectivity index is 1.72. The number of carbonyl (C=O) groups is 1. The summed E-state index contributed by atoms with van der Waals surface area (Å²) in [6, 6.07) is 7.57. The second kappa shape index (κ2) is 14.8. The Hall–Kier alpha value is -2.18. The minimum absolute atomic E-state index is 0.0669. The first-order valence-electron chi connectivity index (χ1n) is 13.6. The van der Waals surface area contributed by atoms with Crippen LogP contribution in [0.5, 0.6) is 5.75 Å². The van der Waals surface area contributed by atoms with E-state index in [1.807, 2.05) is 36.9 Å². The van der Waals surface area contributed by atoms with Crippen LogP contribution in [0.1, 0.15) is 45.2 Å². The highest BCUT2D eigenvalue weighted by molar-refractivity contribution is 9.10. The van der Waals surface area contributed by atoms with Gasteiger partial charge in [0, 0.05) is 59.8 Å². The SMILES string of the molecule is CC[C@@H](CNc1ccc(N2CCSCC2)cc1OC)NC(=O)[C@H](CC(C)(C)F)N[C@@H](c1ccc(Br)cc1)C(F)(F)F. The van der Waals surface area contributed by atoms with E-state index in [9.17, 15) is 22.4 Å². The van der Waals surface area contributed by atoms with Gasteiger partial charge in [0.15, 0.2) is 0 Å². The quantitative estimate of drug-likeness (QED) is 0.207. The lowest BCUT2D eigenvalue weighted by Crippen LogP contribution is -2.53. The number of halogens is 5. The normalized spacial score (nSPS) is 16.6. The van der Waals surface area contributed by atoms with Gasteiger partial charge in [-0.05, 0) is 50.1 Å². The summed E-state index contributed by atoms with van der Waals surface area (Å²) < 4.78 is 63.2. The van der Waals surface area contributed by atoms with Crippen molar-refractivity contribution in [2.75, 3.05) is 48.5 Å². The Bertz CT molecular complexity index is 1130. The Morgan fingerprint density at radius 3 is 2.32 bits per heavy atom. The van der Waals surface area contributed by atoms with E-state index in [4.69, 9.17) is 4.74 Å². The summed E-state index contributed by atoms with van der Waals surface area (Å²) >= 11 is 5.15. The van der Waals surface area contributed by atoms with Crippen molar-refractivity contribution in [3.63, 3.8) is 0 Å². The number of methoxy groups -OCH3 is 1. The predicted octanol–water partition coefficient (Wildman–Crippen LogP) is 6.72. The van der Waals surface area contributed by atoms with E-state index in [0.29, 0.717) is 23.2 Å². The molecule has 3 N–H and O–H groups in total. The molecule has 3 atom stereocenters. The van der Waals surface area contributed by atoms with Gasteiger partial charge in [-0.1, -0.05) is 35.0 Å². The number of nitrogens with zero attached hydrogens (tertiary/aromatic N) is 1. The molecule has 41 heavy (non-hydrogen) atoms. The Labute approximate surface area is 252 Å². The number of hydrogen-bond acceptors (Lipinski definition) is 6. The van der Waals surface area contributed by atoms with Gasteiger partial charge in [-0.3, -0.25) is 10.1 Å². The lowest BCUT2D eigenvalue weighted by molar-refractivity contribution is -0.161. The summed E-state index contributed by atoms with van der Waals surface area (Å²) in [7, 11) is 1.59. The van der Waals surface area contributed by atoms with Crippen LogP contribution in [0.4, 0.5) is 28.9 Å². The molecule has 1 aliphatic rings. The van der Waals surface area contributed by atoms with Crippen molar-refractivity contribution in [1.82, 2.24) is 10.6 Å². The maximum Gasteiger partial charge on any atom is 0.407 e. The monoisotopic (exact) mass is 662 g/mol. The van der Waals surface area contributed by atoms with E-state index >= 15 is 0 Å². The van der Waals surface area contributed by atoms with Gasteiger partial charge < -0.3 is 20.3 Å². The average molecular weight is 664 g/mol. The average Bonchev–Trinajstić information content (AvgIpc) is 2.93. The van der Waals surface area contributed by atoms with E-state index in [1.165, 1.54) is 38.1 Å². The Morgan fingerprint density at radius 1 is 1.10 bits per heavy atom. The van der Waals surface area contributed by atoms with Crippen molar-refractivity contribution in [2.24, 2.45) is 0 Å². The fraction of sp³-hybridized carbons (Fsp3) is 0.552. The molecule has 1 saturated heterocycles. The van der Waals surface area contributed by atoms with Crippen molar-refractivity contribution in [2.45, 2.75) is 63.6 Å². The zero-order valence-electron chi connectivity index (χ0n) is 23.8. The molecule has 0 aromatic heterocycles. The third kappa shape index (κ3) is 10.2. The number of carbonyl (C=O) groups excluding carboxylic acids is 1. The van der Waals surface area contributed by atoms with Gasteiger partial charge in [-0.25, -0.2) is 4.39 Å². The lowest BCUT2D eigenvalue weighted by Gasteiger charge is -2.31. The van der Waals surface area contributed by atoms with E-state index in [2.05, 4.69) is 36.8 Å². The topological polar surface area (TPSA) is 65.6 Å². The standard InChI is InChI=1S/C29H39BrF4N4O2S/c1-5-21(18-35-23-11-10-22(16-25(23)40-4)38-12-14-41-15-13-38)36-27(39)24(17-28(2,3)31)37-26(29(32,33)34)19-6-8-20(30)9-7-19/h6-11,16,21,24,26,35,37H,5,12-15,17-18H2,1-4H3,(H,36,39)/t21-,24-,26-/m0/s1. The minimum atomic E-state index is -4.70. The van der Waals surface area contributed by atoms with Gasteiger partial charge in [0.2, 0.25) is 5.91 Å². The first-order valence-corrected chi connectivity index (χ1v) is 15.6. The molecule has 0 saturated carbocycles. The minimum Gasteiger partial charge on any atom is -0.495 e. The van der Waals surface area contributed by atoms with Crippen LogP contribution in [-0.2, 0) is 4.79 Å². The predicted molar refractivity (Wildman–Crippen MR) is 163 cm³/mol. The number of alkyl halides is 4. The van der Waals surface area contributed by atoms with Crippen molar-refractivity contribution >= 4 is 45.0 Å². The van der Waals surface area contributed by atoms with Crippen LogP contribution in [0.2, 0.25) is 0 Å². The molecule has 0 unspecified atom stereocenters. The van der Waals surface area contributed by atoms with E-state index in [1.54, 1.807) is 7.11 Å². The van der Waals surface area contributed by atoms with Gasteiger partial charge in [-0.2, -0.15) is 24.9 Å². The van der Waals surface area contributed by atoms with Crippen LogP contribution < -0.4 is 25.6 Å². The lowest BCUT2D eigenvalue weighted by atomic mass is 9.97. The summed E-state index contributed by atoms with van der Waals surface area (Å²) in [4.78, 5) is 15.6. The zero-order valence-corrected chi connectivity index (χ0v) is 26.2. The van der Waals surface area contributed by atoms with Crippen LogP contribution in [0.3, 0.4) is 0 Å². The van der Waals surface area contributed by atoms with Gasteiger partial charge in [0.05, 0.1) is 18.8 Å². The molecule has 1 fully saturated rings. The van der Waals surface area contributed by atoms with Gasteiger partial charge in [0.25, 0.3) is 0 Å². The molecule has 1 aliphatic heterocycles. The van der Waals surface area contributed by atoms with Crippen LogP contribution in [0, 0.1) is 0 Å². The molecule has 2 aromatic rings. The highest BCUT2D eigenvalue weighted by Gasteiger charge is 2.44. The summed E-state index contributed by atoms with van der Waals surface area (Å²) in [5.74, 6) is 2.11. The molecule has 6 nitrogen and oxygen atoms in total. The highest BCUT2D eigenvalue weighted by Crippen LogP contribution is 2.35. The first kappa shape index (κ1) is 33.3. The van der Waals surface area contributed by atoms with Crippen LogP contribution in [0.25, 0.3) is 0 Å². The molecule has 1 amide bonds. The van der Waals surface area contributed by atoms with Crippen molar-refractivity contribution in [3.8, 4) is 5.75 Å². The molecule has 1 heterocycles. The second-order valence-electron chi connectivity index (χ2n) is 10.6. The summed E-state index contributed by atoms with van der Waals surface area (Å²) in [6.45, 7) is 6.59. The molecular weight excluding hydrogens is 624 g/mol. The van der Waals surface area contributed by atoms with Crippen LogP contribution in [0.15, 0.2) is 46.9 Å². The maximum atomic E-state index is 14.7. The van der Waals surface area contributed by atoms with E-state index in [-0.39, 0.29) is 5.56 Å². The zero-order chi connectivity index (χ0) is 30.2. The fourth-order valence-electron chi connectivity index (χ4n) is 4.63. The van der Waals surface area contributed by atoms with Crippen molar-refractivity contribution in [1.29, 1.82) is 0 Å². The number of thioether (sulfide) groups is 1. The largest absolute Gasteiger partial charge is 0.495 e. The summed E-state index contributed by atoms with van der Waals surface area (Å²) in [5.41, 5.74) is -0.140. The number of hydrogen-bond donors (Lipinski definition) is 3. The number of rotatable bonds is 13. The summed E-state index contributed by atoms with van der Waals surface area (Å²) in [6.07, 6.45) is -4.63. The molecular formula is C29H39BrF4N4O2S. The smallest absolute Gasteiger partial charge is 0.407 e. The van der Waals surface area contributed by atoms with E-state index in [0.717, 1.165) is 36.0 Å². The molecule has 0 radical (unpaired) electrons. The number of amides is 1. The fourth-order valence-corrected chi connectivity index (χ4v) is 5.79. The third-order valence-corrected chi connectivity index (χ3v) is 8.32.